The highest BCUT2D eigenvalue weighted by Gasteiger charge is 2.11. The maximum atomic E-state index is 8.91. The molecule has 4 rings (SSSR count). The van der Waals surface area contributed by atoms with Gasteiger partial charge in [-0.3, -0.25) is 0 Å². The number of benzene rings is 2. The van der Waals surface area contributed by atoms with Gasteiger partial charge in [0.15, 0.2) is 12.4 Å². The summed E-state index contributed by atoms with van der Waals surface area (Å²) < 4.78 is 2.03. The van der Waals surface area contributed by atoms with Gasteiger partial charge in [0.25, 0.3) is 0 Å². The van der Waals surface area contributed by atoms with Gasteiger partial charge in [0.1, 0.15) is 0 Å². The molecule has 1 aliphatic heterocycles. The predicted molar refractivity (Wildman–Crippen MR) is 108 cm³/mol. The van der Waals surface area contributed by atoms with E-state index in [2.05, 4.69) is 47.5 Å². The summed E-state index contributed by atoms with van der Waals surface area (Å²) >= 11 is 0. The molecule has 28 heavy (non-hydrogen) atoms. The maximum absolute atomic E-state index is 8.91. The molecule has 132 valence electrons. The lowest BCUT2D eigenvalue weighted by molar-refractivity contribution is -0.595. The molecule has 0 bridgehead atoms. The van der Waals surface area contributed by atoms with E-state index in [-0.39, 0.29) is 0 Å². The maximum Gasteiger partial charge on any atom is 0.210 e. The third-order valence-corrected chi connectivity index (χ3v) is 4.73. The Bertz CT molecular complexity index is 1120. The molecule has 0 saturated carbocycles. The zero-order chi connectivity index (χ0) is 19.3. The third kappa shape index (κ3) is 3.53. The fourth-order valence-electron chi connectivity index (χ4n) is 3.13. The number of anilines is 1. The van der Waals surface area contributed by atoms with Crippen molar-refractivity contribution in [1.29, 1.82) is 10.5 Å². The average Bonchev–Trinajstić information content (AvgIpc) is 2.79. The molecule has 0 spiro atoms. The van der Waals surface area contributed by atoms with Crippen molar-refractivity contribution in [2.75, 3.05) is 11.4 Å². The average molecular weight is 361 g/mol. The Morgan fingerprint density at radius 1 is 0.786 bits per heavy atom. The van der Waals surface area contributed by atoms with E-state index in [1.165, 1.54) is 5.57 Å². The molecule has 0 aliphatic carbocycles. The second-order valence-electron chi connectivity index (χ2n) is 6.44. The highest BCUT2D eigenvalue weighted by atomic mass is 15.1. The highest BCUT2D eigenvalue weighted by Crippen LogP contribution is 2.23. The van der Waals surface area contributed by atoms with Crippen molar-refractivity contribution in [3.63, 3.8) is 0 Å². The molecule has 2 heterocycles. The standard InChI is InChI=1S/C24H17N4/c25-17-19-1-5-23(6-2-19)27-13-9-21(10-14-27)22-11-15-28(16-12-22)24-7-3-20(18-26)4-8-24/h1-15H,16H2/q+1. The molecule has 3 aromatic rings. The number of hydrogen-bond acceptors (Lipinski definition) is 3. The van der Waals surface area contributed by atoms with Crippen LogP contribution < -0.4 is 9.47 Å². The first-order valence-electron chi connectivity index (χ1n) is 8.94. The van der Waals surface area contributed by atoms with Crippen LogP contribution in [0, 0.1) is 22.7 Å². The van der Waals surface area contributed by atoms with Crippen LogP contribution in [-0.4, -0.2) is 6.54 Å². The summed E-state index contributed by atoms with van der Waals surface area (Å²) in [7, 11) is 0. The first-order valence-corrected chi connectivity index (χ1v) is 8.94. The van der Waals surface area contributed by atoms with Crippen LogP contribution in [0.1, 0.15) is 16.7 Å². The van der Waals surface area contributed by atoms with E-state index < -0.39 is 0 Å². The van der Waals surface area contributed by atoms with E-state index in [0.717, 1.165) is 23.5 Å². The first kappa shape index (κ1) is 17.3. The summed E-state index contributed by atoms with van der Waals surface area (Å²) in [5, 5.41) is 17.8. The Kier molecular flexibility index (Phi) is 4.70. The lowest BCUT2D eigenvalue weighted by Gasteiger charge is -2.22. The summed E-state index contributed by atoms with van der Waals surface area (Å²) in [6.45, 7) is 0.780. The first-order chi connectivity index (χ1) is 13.8. The molecule has 0 fully saturated rings. The smallest absolute Gasteiger partial charge is 0.210 e. The SMILES string of the molecule is N#Cc1ccc(N2C=CC(c3cc[n+](-c4ccc(C#N)cc4)cc3)=CC2)cc1. The molecule has 0 saturated heterocycles. The highest BCUT2D eigenvalue weighted by molar-refractivity contribution is 5.76. The van der Waals surface area contributed by atoms with Crippen molar-refractivity contribution >= 4 is 11.3 Å². The largest absolute Gasteiger partial charge is 0.344 e. The summed E-state index contributed by atoms with van der Waals surface area (Å²) in [5.74, 6) is 0. The van der Waals surface area contributed by atoms with Gasteiger partial charge in [-0.25, -0.2) is 0 Å². The third-order valence-electron chi connectivity index (χ3n) is 4.73. The zero-order valence-electron chi connectivity index (χ0n) is 15.2. The Morgan fingerprint density at radius 2 is 1.39 bits per heavy atom. The van der Waals surface area contributed by atoms with Crippen LogP contribution in [0.25, 0.3) is 11.3 Å². The zero-order valence-corrected chi connectivity index (χ0v) is 15.2. The van der Waals surface area contributed by atoms with Gasteiger partial charge < -0.3 is 4.90 Å². The molecular formula is C24H17N4+. The molecule has 1 aromatic heterocycles. The number of pyridine rings is 1. The number of rotatable bonds is 3. The second-order valence-corrected chi connectivity index (χ2v) is 6.44. The fourth-order valence-corrected chi connectivity index (χ4v) is 3.13. The number of nitrogens with zero attached hydrogens (tertiary/aromatic N) is 4. The summed E-state index contributed by atoms with van der Waals surface area (Å²) in [4.78, 5) is 2.14. The van der Waals surface area contributed by atoms with Crippen molar-refractivity contribution in [2.45, 2.75) is 0 Å². The van der Waals surface area contributed by atoms with Gasteiger partial charge in [-0.1, -0.05) is 6.08 Å². The Morgan fingerprint density at radius 3 is 1.93 bits per heavy atom. The van der Waals surface area contributed by atoms with E-state index in [4.69, 9.17) is 10.5 Å². The van der Waals surface area contributed by atoms with E-state index in [9.17, 15) is 0 Å². The molecule has 0 radical (unpaired) electrons. The normalized spacial score (nSPS) is 12.8. The number of aromatic nitrogens is 1. The van der Waals surface area contributed by atoms with E-state index in [1.807, 2.05) is 65.5 Å². The fraction of sp³-hybridized carbons (Fsp3) is 0.0417. The minimum Gasteiger partial charge on any atom is -0.344 e. The van der Waals surface area contributed by atoms with Crippen molar-refractivity contribution in [2.24, 2.45) is 0 Å². The van der Waals surface area contributed by atoms with E-state index in [1.54, 1.807) is 0 Å². The number of allylic oxidation sites excluding steroid dienone is 2. The Balaban J connectivity index is 1.48. The van der Waals surface area contributed by atoms with Crippen LogP contribution in [0.5, 0.6) is 0 Å². The molecule has 4 heteroatoms. The van der Waals surface area contributed by atoms with Gasteiger partial charge in [0.05, 0.1) is 23.3 Å². The van der Waals surface area contributed by atoms with Crippen LogP contribution in [0.2, 0.25) is 0 Å². The number of hydrogen-bond donors (Lipinski definition) is 0. The van der Waals surface area contributed by atoms with Crippen LogP contribution in [-0.2, 0) is 0 Å². The van der Waals surface area contributed by atoms with Crippen molar-refractivity contribution in [3.05, 3.63) is 108 Å². The predicted octanol–water partition coefficient (Wildman–Crippen LogP) is 4.12. The molecule has 0 N–H and O–H groups in total. The summed E-state index contributed by atoms with van der Waals surface area (Å²) in [6, 6.07) is 23.6. The van der Waals surface area contributed by atoms with Crippen LogP contribution in [0.15, 0.2) is 91.4 Å². The lowest BCUT2D eigenvalue weighted by atomic mass is 10.0. The summed E-state index contributed by atoms with van der Waals surface area (Å²) in [6.07, 6.45) is 10.4. The Labute approximate surface area is 164 Å². The van der Waals surface area contributed by atoms with E-state index >= 15 is 0 Å². The molecule has 2 aromatic carbocycles. The van der Waals surface area contributed by atoms with Crippen molar-refractivity contribution in [1.82, 2.24) is 0 Å². The topological polar surface area (TPSA) is 54.7 Å². The van der Waals surface area contributed by atoms with E-state index in [0.29, 0.717) is 11.1 Å². The van der Waals surface area contributed by atoms with Gasteiger partial charge >= 0.3 is 0 Å². The molecular weight excluding hydrogens is 344 g/mol. The van der Waals surface area contributed by atoms with Crippen molar-refractivity contribution in [3.8, 4) is 17.8 Å². The monoisotopic (exact) mass is 361 g/mol. The van der Waals surface area contributed by atoms with Gasteiger partial charge in [0, 0.05) is 42.7 Å². The summed E-state index contributed by atoms with van der Waals surface area (Å²) in [5.41, 5.74) is 5.74. The molecule has 1 aliphatic rings. The quantitative estimate of drug-likeness (QED) is 0.659. The minimum atomic E-state index is 0.658. The van der Waals surface area contributed by atoms with Crippen LogP contribution in [0.4, 0.5) is 5.69 Å². The lowest BCUT2D eigenvalue weighted by Crippen LogP contribution is -2.29. The van der Waals surface area contributed by atoms with Crippen LogP contribution in [0.3, 0.4) is 0 Å². The van der Waals surface area contributed by atoms with Gasteiger partial charge in [-0.15, -0.1) is 0 Å². The molecule has 0 atom stereocenters. The Hall–Kier alpha value is -4.15. The van der Waals surface area contributed by atoms with Gasteiger partial charge in [-0.2, -0.15) is 15.1 Å². The van der Waals surface area contributed by atoms with Gasteiger partial charge in [0.2, 0.25) is 5.69 Å². The molecule has 4 nitrogen and oxygen atoms in total. The van der Waals surface area contributed by atoms with Crippen molar-refractivity contribution < 1.29 is 4.57 Å². The van der Waals surface area contributed by atoms with Crippen LogP contribution >= 0.6 is 0 Å². The molecule has 0 amide bonds. The minimum absolute atomic E-state index is 0.658. The number of nitriles is 2. The van der Waals surface area contributed by atoms with Gasteiger partial charge in [-0.05, 0) is 53.6 Å². The molecule has 0 unspecified atom stereocenters. The second kappa shape index (κ2) is 7.61.